The molecule has 18 heavy (non-hydrogen) atoms. The fourth-order valence-corrected chi connectivity index (χ4v) is 2.45. The zero-order valence-corrected chi connectivity index (χ0v) is 11.3. The van der Waals surface area contributed by atoms with Gasteiger partial charge in [0.2, 0.25) is 0 Å². The van der Waals surface area contributed by atoms with Crippen molar-refractivity contribution in [3.63, 3.8) is 0 Å². The topological polar surface area (TPSA) is 56.3 Å². The first-order valence-corrected chi connectivity index (χ1v) is 6.24. The Kier molecular flexibility index (Phi) is 4.11. The molecule has 0 radical (unpaired) electrons. The minimum absolute atomic E-state index is 0.0600. The number of rotatable bonds is 5. The third-order valence-electron chi connectivity index (χ3n) is 2.69. The molecule has 0 spiro atoms. The van der Waals surface area contributed by atoms with E-state index in [-0.39, 0.29) is 6.04 Å². The highest BCUT2D eigenvalue weighted by atomic mass is 32.1. The van der Waals surface area contributed by atoms with Gasteiger partial charge in [0.15, 0.2) is 11.5 Å². The predicted molar refractivity (Wildman–Crippen MR) is 70.4 cm³/mol. The van der Waals surface area contributed by atoms with Crippen LogP contribution in [0.4, 0.5) is 0 Å². The van der Waals surface area contributed by atoms with Crippen molar-refractivity contribution in [3.05, 3.63) is 34.8 Å². The van der Waals surface area contributed by atoms with Gasteiger partial charge in [-0.05, 0) is 36.3 Å². The standard InChI is InChI=1S/C12H15N3O2S/c1-13-12(11-7-14-15-18-11)8-4-5-9(16-2)10(6-8)17-3/h4-7,12-13H,1-3H3. The Morgan fingerprint density at radius 2 is 2.00 bits per heavy atom. The van der Waals surface area contributed by atoms with Crippen molar-refractivity contribution >= 4 is 11.5 Å². The van der Waals surface area contributed by atoms with Crippen molar-refractivity contribution < 1.29 is 9.47 Å². The number of hydrogen-bond acceptors (Lipinski definition) is 6. The van der Waals surface area contributed by atoms with Crippen molar-refractivity contribution in [1.29, 1.82) is 0 Å². The molecule has 0 aliphatic carbocycles. The van der Waals surface area contributed by atoms with Gasteiger partial charge < -0.3 is 14.8 Å². The number of aromatic nitrogens is 2. The summed E-state index contributed by atoms with van der Waals surface area (Å²) in [5, 5.41) is 7.11. The molecule has 1 aromatic carbocycles. The molecule has 2 aromatic rings. The molecule has 6 heteroatoms. The second-order valence-corrected chi connectivity index (χ2v) is 4.47. The van der Waals surface area contributed by atoms with Crippen molar-refractivity contribution in [3.8, 4) is 11.5 Å². The molecule has 0 aliphatic heterocycles. The van der Waals surface area contributed by atoms with Gasteiger partial charge in [0.25, 0.3) is 0 Å². The second-order valence-electron chi connectivity index (χ2n) is 3.66. The van der Waals surface area contributed by atoms with Crippen LogP contribution in [0.25, 0.3) is 0 Å². The van der Waals surface area contributed by atoms with Gasteiger partial charge in [-0.3, -0.25) is 0 Å². The zero-order valence-electron chi connectivity index (χ0n) is 10.5. The van der Waals surface area contributed by atoms with E-state index in [0.29, 0.717) is 5.75 Å². The maximum Gasteiger partial charge on any atom is 0.161 e. The SMILES string of the molecule is CNC(c1ccc(OC)c(OC)c1)c1cnns1. The summed E-state index contributed by atoms with van der Waals surface area (Å²) in [5.41, 5.74) is 1.08. The van der Waals surface area contributed by atoms with Crippen molar-refractivity contribution in [1.82, 2.24) is 14.9 Å². The van der Waals surface area contributed by atoms with E-state index in [4.69, 9.17) is 9.47 Å². The van der Waals surface area contributed by atoms with E-state index < -0.39 is 0 Å². The van der Waals surface area contributed by atoms with Gasteiger partial charge in [-0.2, -0.15) is 0 Å². The average Bonchev–Trinajstić information content (AvgIpc) is 2.93. The van der Waals surface area contributed by atoms with E-state index in [1.807, 2.05) is 25.2 Å². The van der Waals surface area contributed by atoms with Gasteiger partial charge >= 0.3 is 0 Å². The summed E-state index contributed by atoms with van der Waals surface area (Å²) in [4.78, 5) is 1.06. The Balaban J connectivity index is 2.37. The predicted octanol–water partition coefficient (Wildman–Crippen LogP) is 1.86. The van der Waals surface area contributed by atoms with Gasteiger partial charge in [0, 0.05) is 0 Å². The van der Waals surface area contributed by atoms with Crippen LogP contribution in [0, 0.1) is 0 Å². The summed E-state index contributed by atoms with van der Waals surface area (Å²) in [6.45, 7) is 0. The quantitative estimate of drug-likeness (QED) is 0.894. The number of nitrogens with one attached hydrogen (secondary N) is 1. The highest BCUT2D eigenvalue weighted by molar-refractivity contribution is 7.05. The molecule has 0 amide bonds. The zero-order chi connectivity index (χ0) is 13.0. The van der Waals surface area contributed by atoms with Crippen LogP contribution in [0.2, 0.25) is 0 Å². The smallest absolute Gasteiger partial charge is 0.161 e. The Bertz CT molecular complexity index is 502. The van der Waals surface area contributed by atoms with Crippen LogP contribution in [0.15, 0.2) is 24.4 Å². The number of hydrogen-bond donors (Lipinski definition) is 1. The van der Waals surface area contributed by atoms with Gasteiger partial charge in [-0.25, -0.2) is 0 Å². The average molecular weight is 265 g/mol. The van der Waals surface area contributed by atoms with Gasteiger partial charge in [-0.15, -0.1) is 5.10 Å². The monoisotopic (exact) mass is 265 g/mol. The van der Waals surface area contributed by atoms with Crippen LogP contribution < -0.4 is 14.8 Å². The normalized spacial score (nSPS) is 12.2. The van der Waals surface area contributed by atoms with Gasteiger partial charge in [0.05, 0.1) is 31.3 Å². The molecule has 1 aromatic heterocycles. The summed E-state index contributed by atoms with van der Waals surface area (Å²) in [7, 11) is 5.16. The van der Waals surface area contributed by atoms with Crippen LogP contribution in [-0.2, 0) is 0 Å². The Morgan fingerprint density at radius 1 is 1.22 bits per heavy atom. The van der Waals surface area contributed by atoms with Crippen molar-refractivity contribution in [2.45, 2.75) is 6.04 Å². The third-order valence-corrected chi connectivity index (χ3v) is 3.42. The molecule has 1 atom stereocenters. The van der Waals surface area contributed by atoms with E-state index in [1.54, 1.807) is 20.4 Å². The van der Waals surface area contributed by atoms with Crippen LogP contribution in [0.5, 0.6) is 11.5 Å². The first-order valence-electron chi connectivity index (χ1n) is 5.46. The molecule has 0 saturated carbocycles. The lowest BCUT2D eigenvalue weighted by atomic mass is 10.1. The molecular formula is C12H15N3O2S. The molecule has 5 nitrogen and oxygen atoms in total. The molecule has 0 fully saturated rings. The fourth-order valence-electron chi connectivity index (χ4n) is 1.81. The van der Waals surface area contributed by atoms with Crippen LogP contribution in [0.1, 0.15) is 16.5 Å². The lowest BCUT2D eigenvalue weighted by molar-refractivity contribution is 0.354. The van der Waals surface area contributed by atoms with Gasteiger partial charge in [-0.1, -0.05) is 10.6 Å². The van der Waals surface area contributed by atoms with Crippen molar-refractivity contribution in [2.24, 2.45) is 0 Å². The first-order chi connectivity index (χ1) is 8.80. The molecular weight excluding hydrogens is 250 g/mol. The molecule has 0 aliphatic rings. The van der Waals surface area contributed by atoms with E-state index in [2.05, 4.69) is 14.9 Å². The molecule has 2 rings (SSSR count). The van der Waals surface area contributed by atoms with Crippen LogP contribution >= 0.6 is 11.5 Å². The highest BCUT2D eigenvalue weighted by Crippen LogP contribution is 2.32. The van der Waals surface area contributed by atoms with E-state index in [1.165, 1.54) is 11.5 Å². The molecule has 0 bridgehead atoms. The number of benzene rings is 1. The number of methoxy groups -OCH3 is 2. The molecule has 0 saturated heterocycles. The number of nitrogens with zero attached hydrogens (tertiary/aromatic N) is 2. The maximum absolute atomic E-state index is 5.31. The van der Waals surface area contributed by atoms with E-state index in [9.17, 15) is 0 Å². The van der Waals surface area contributed by atoms with E-state index in [0.717, 1.165) is 16.2 Å². The highest BCUT2D eigenvalue weighted by Gasteiger charge is 2.16. The Hall–Kier alpha value is -1.66. The lowest BCUT2D eigenvalue weighted by Gasteiger charge is -2.16. The summed E-state index contributed by atoms with van der Waals surface area (Å²) >= 11 is 1.38. The molecule has 1 heterocycles. The fraction of sp³-hybridized carbons (Fsp3) is 0.333. The summed E-state index contributed by atoms with van der Waals surface area (Å²) in [6, 6.07) is 5.92. The summed E-state index contributed by atoms with van der Waals surface area (Å²) in [6.07, 6.45) is 1.77. The molecule has 96 valence electrons. The first kappa shape index (κ1) is 12.8. The minimum atomic E-state index is 0.0600. The van der Waals surface area contributed by atoms with Crippen molar-refractivity contribution in [2.75, 3.05) is 21.3 Å². The lowest BCUT2D eigenvalue weighted by Crippen LogP contribution is -2.16. The Morgan fingerprint density at radius 3 is 2.56 bits per heavy atom. The minimum Gasteiger partial charge on any atom is -0.493 e. The second kappa shape index (κ2) is 5.79. The van der Waals surface area contributed by atoms with Crippen LogP contribution in [0.3, 0.4) is 0 Å². The van der Waals surface area contributed by atoms with Crippen LogP contribution in [-0.4, -0.2) is 30.9 Å². The largest absolute Gasteiger partial charge is 0.493 e. The maximum atomic E-state index is 5.31. The van der Waals surface area contributed by atoms with E-state index >= 15 is 0 Å². The number of ether oxygens (including phenoxy) is 2. The molecule has 1 unspecified atom stereocenters. The summed E-state index contributed by atoms with van der Waals surface area (Å²) in [5.74, 6) is 1.44. The third kappa shape index (κ3) is 2.44. The Labute approximate surface area is 110 Å². The summed E-state index contributed by atoms with van der Waals surface area (Å²) < 4.78 is 14.4. The molecule has 1 N–H and O–H groups in total. The van der Waals surface area contributed by atoms with Gasteiger partial charge in [0.1, 0.15) is 0 Å².